The Morgan fingerprint density at radius 1 is 1.30 bits per heavy atom. The number of aryl methyl sites for hydroxylation is 1. The summed E-state index contributed by atoms with van der Waals surface area (Å²) in [6.45, 7) is 8.95. The van der Waals surface area contributed by atoms with E-state index in [4.69, 9.17) is 0 Å². The van der Waals surface area contributed by atoms with E-state index in [0.29, 0.717) is 11.9 Å². The molecule has 0 saturated carbocycles. The van der Waals surface area contributed by atoms with Crippen molar-refractivity contribution in [3.05, 3.63) is 35.4 Å². The van der Waals surface area contributed by atoms with Gasteiger partial charge in [-0.15, -0.1) is 0 Å². The van der Waals surface area contributed by atoms with Crippen molar-refractivity contribution < 1.29 is 9.90 Å². The molecular weight excluding hydrogens is 290 g/mol. The van der Waals surface area contributed by atoms with Gasteiger partial charge < -0.3 is 15.3 Å². The van der Waals surface area contributed by atoms with Crippen LogP contribution in [-0.2, 0) is 0 Å². The van der Waals surface area contributed by atoms with Crippen LogP contribution in [0.3, 0.4) is 0 Å². The Hall–Kier alpha value is -2.14. The second kappa shape index (κ2) is 6.96. The number of hydrogen-bond acceptors (Lipinski definition) is 4. The standard InChI is InChI=1S/C18H25N3O2/c1-11(2)21(5)10-12(3)19-17-16(18(22)23)13(4)14-8-6-7-9-15(14)20-17/h6-9,11-12H,10H2,1-5H3,(H,19,20)(H,22,23)/t12-/m1/s1. The predicted molar refractivity (Wildman–Crippen MR) is 94.3 cm³/mol. The Kier molecular flexibility index (Phi) is 5.21. The molecule has 0 aliphatic carbocycles. The number of pyridine rings is 1. The largest absolute Gasteiger partial charge is 0.478 e. The topological polar surface area (TPSA) is 65.5 Å². The molecule has 1 aromatic heterocycles. The highest BCUT2D eigenvalue weighted by atomic mass is 16.4. The van der Waals surface area contributed by atoms with Crippen LogP contribution in [-0.4, -0.2) is 46.6 Å². The van der Waals surface area contributed by atoms with Gasteiger partial charge in [-0.2, -0.15) is 0 Å². The molecule has 0 saturated heterocycles. The molecular formula is C18H25N3O2. The number of aromatic nitrogens is 1. The lowest BCUT2D eigenvalue weighted by Gasteiger charge is -2.26. The van der Waals surface area contributed by atoms with Crippen molar-refractivity contribution in [2.45, 2.75) is 39.8 Å². The van der Waals surface area contributed by atoms with E-state index in [2.05, 4.69) is 36.1 Å². The van der Waals surface area contributed by atoms with Gasteiger partial charge in [0.05, 0.1) is 5.52 Å². The van der Waals surface area contributed by atoms with Crippen molar-refractivity contribution in [3.8, 4) is 0 Å². The summed E-state index contributed by atoms with van der Waals surface area (Å²) in [5.74, 6) is -0.508. The Bertz CT molecular complexity index is 713. The van der Waals surface area contributed by atoms with E-state index < -0.39 is 5.97 Å². The maximum atomic E-state index is 11.7. The van der Waals surface area contributed by atoms with Crippen LogP contribution in [0, 0.1) is 6.92 Å². The van der Waals surface area contributed by atoms with Crippen LogP contribution in [0.25, 0.3) is 10.9 Å². The number of fused-ring (bicyclic) bond motifs is 1. The molecule has 2 rings (SSSR count). The van der Waals surface area contributed by atoms with E-state index in [1.165, 1.54) is 0 Å². The normalized spacial score (nSPS) is 12.8. The number of benzene rings is 1. The zero-order valence-electron chi connectivity index (χ0n) is 14.4. The van der Waals surface area contributed by atoms with Gasteiger partial charge in [0, 0.05) is 24.0 Å². The van der Waals surface area contributed by atoms with Crippen molar-refractivity contribution >= 4 is 22.7 Å². The lowest BCUT2D eigenvalue weighted by Crippen LogP contribution is -2.36. The second-order valence-corrected chi connectivity index (χ2v) is 6.36. The molecule has 1 heterocycles. The maximum Gasteiger partial charge on any atom is 0.339 e. The summed E-state index contributed by atoms with van der Waals surface area (Å²) < 4.78 is 0. The Morgan fingerprint density at radius 2 is 1.96 bits per heavy atom. The fourth-order valence-corrected chi connectivity index (χ4v) is 2.66. The zero-order valence-corrected chi connectivity index (χ0v) is 14.4. The van der Waals surface area contributed by atoms with Gasteiger partial charge in [-0.05, 0) is 46.4 Å². The lowest BCUT2D eigenvalue weighted by molar-refractivity contribution is 0.0697. The van der Waals surface area contributed by atoms with E-state index in [0.717, 1.165) is 23.0 Å². The van der Waals surface area contributed by atoms with Gasteiger partial charge in [-0.1, -0.05) is 18.2 Å². The predicted octanol–water partition coefficient (Wildman–Crippen LogP) is 3.38. The summed E-state index contributed by atoms with van der Waals surface area (Å²) in [5, 5.41) is 13.8. The van der Waals surface area contributed by atoms with E-state index in [1.807, 2.05) is 38.1 Å². The molecule has 0 spiro atoms. The molecule has 0 unspecified atom stereocenters. The van der Waals surface area contributed by atoms with E-state index >= 15 is 0 Å². The average Bonchev–Trinajstić information content (AvgIpc) is 2.46. The number of carbonyl (C=O) groups is 1. The molecule has 124 valence electrons. The number of carboxylic acids is 1. The van der Waals surface area contributed by atoms with Crippen LogP contribution in [0.15, 0.2) is 24.3 Å². The summed E-state index contributed by atoms with van der Waals surface area (Å²) in [5.41, 5.74) is 1.81. The van der Waals surface area contributed by atoms with Gasteiger partial charge in [-0.3, -0.25) is 0 Å². The second-order valence-electron chi connectivity index (χ2n) is 6.36. The first-order valence-corrected chi connectivity index (χ1v) is 7.90. The van der Waals surface area contributed by atoms with Gasteiger partial charge >= 0.3 is 5.97 Å². The van der Waals surface area contributed by atoms with Crippen LogP contribution in [0.1, 0.15) is 36.7 Å². The number of carboxylic acid groups (broad SMARTS) is 1. The summed E-state index contributed by atoms with van der Waals surface area (Å²) in [4.78, 5) is 18.5. The number of nitrogens with zero attached hydrogens (tertiary/aromatic N) is 2. The Morgan fingerprint density at radius 3 is 2.57 bits per heavy atom. The highest BCUT2D eigenvalue weighted by Crippen LogP contribution is 2.26. The average molecular weight is 315 g/mol. The van der Waals surface area contributed by atoms with Crippen LogP contribution in [0.2, 0.25) is 0 Å². The molecule has 23 heavy (non-hydrogen) atoms. The first-order chi connectivity index (χ1) is 10.8. The van der Waals surface area contributed by atoms with Gasteiger partial charge in [0.2, 0.25) is 0 Å². The lowest BCUT2D eigenvalue weighted by atomic mass is 10.0. The third-order valence-electron chi connectivity index (χ3n) is 4.19. The van der Waals surface area contributed by atoms with Crippen molar-refractivity contribution in [2.24, 2.45) is 0 Å². The van der Waals surface area contributed by atoms with Gasteiger partial charge in [0.25, 0.3) is 0 Å². The molecule has 1 aromatic carbocycles. The third-order valence-corrected chi connectivity index (χ3v) is 4.19. The van der Waals surface area contributed by atoms with Crippen LogP contribution in [0.5, 0.6) is 0 Å². The molecule has 5 nitrogen and oxygen atoms in total. The SMILES string of the molecule is Cc1c(C(=O)O)c(N[C@H](C)CN(C)C(C)C)nc2ccccc12. The minimum Gasteiger partial charge on any atom is -0.478 e. The van der Waals surface area contributed by atoms with E-state index in [1.54, 1.807) is 0 Å². The smallest absolute Gasteiger partial charge is 0.339 e. The maximum absolute atomic E-state index is 11.7. The van der Waals surface area contributed by atoms with Crippen molar-refractivity contribution in [1.29, 1.82) is 0 Å². The van der Waals surface area contributed by atoms with Crippen LogP contribution >= 0.6 is 0 Å². The highest BCUT2D eigenvalue weighted by molar-refractivity contribution is 6.01. The first-order valence-electron chi connectivity index (χ1n) is 7.90. The van der Waals surface area contributed by atoms with Crippen molar-refractivity contribution in [3.63, 3.8) is 0 Å². The molecule has 0 aliphatic rings. The van der Waals surface area contributed by atoms with Gasteiger partial charge in [0.1, 0.15) is 11.4 Å². The molecule has 0 bridgehead atoms. The number of anilines is 1. The number of hydrogen-bond donors (Lipinski definition) is 2. The number of likely N-dealkylation sites (N-methyl/N-ethyl adjacent to an activating group) is 1. The van der Waals surface area contributed by atoms with Crippen molar-refractivity contribution in [2.75, 3.05) is 18.9 Å². The zero-order chi connectivity index (χ0) is 17.1. The highest BCUT2D eigenvalue weighted by Gasteiger charge is 2.20. The Balaban J connectivity index is 2.39. The third kappa shape index (κ3) is 3.79. The van der Waals surface area contributed by atoms with Crippen LogP contribution in [0.4, 0.5) is 5.82 Å². The molecule has 1 atom stereocenters. The first kappa shape index (κ1) is 17.2. The molecule has 0 fully saturated rings. The number of para-hydroxylation sites is 1. The number of rotatable bonds is 6. The summed E-state index contributed by atoms with van der Waals surface area (Å²) in [6.07, 6.45) is 0. The van der Waals surface area contributed by atoms with E-state index in [-0.39, 0.29) is 11.6 Å². The molecule has 5 heteroatoms. The molecule has 2 aromatic rings. The molecule has 0 radical (unpaired) electrons. The fourth-order valence-electron chi connectivity index (χ4n) is 2.66. The van der Waals surface area contributed by atoms with E-state index in [9.17, 15) is 9.90 Å². The van der Waals surface area contributed by atoms with Gasteiger partial charge in [0.15, 0.2) is 0 Å². The summed E-state index contributed by atoms with van der Waals surface area (Å²) in [6, 6.07) is 8.15. The minimum atomic E-state index is -0.951. The summed E-state index contributed by atoms with van der Waals surface area (Å²) in [7, 11) is 2.06. The quantitative estimate of drug-likeness (QED) is 0.855. The van der Waals surface area contributed by atoms with Crippen LogP contribution < -0.4 is 5.32 Å². The number of nitrogens with one attached hydrogen (secondary N) is 1. The molecule has 0 amide bonds. The monoisotopic (exact) mass is 315 g/mol. The number of aromatic carboxylic acids is 1. The van der Waals surface area contributed by atoms with Crippen molar-refractivity contribution in [1.82, 2.24) is 9.88 Å². The summed E-state index contributed by atoms with van der Waals surface area (Å²) >= 11 is 0. The Labute approximate surface area is 137 Å². The minimum absolute atomic E-state index is 0.0913. The molecule has 0 aliphatic heterocycles. The van der Waals surface area contributed by atoms with Gasteiger partial charge in [-0.25, -0.2) is 9.78 Å². The fraction of sp³-hybridized carbons (Fsp3) is 0.444. The molecule has 2 N–H and O–H groups in total.